The molecule has 0 bridgehead atoms. The number of hydrogen-bond donors (Lipinski definition) is 1. The monoisotopic (exact) mass is 112 g/mol. The summed E-state index contributed by atoms with van der Waals surface area (Å²) in [6.45, 7) is 5.20. The summed E-state index contributed by atoms with van der Waals surface area (Å²) < 4.78 is 5.15. The molecule has 2 atom stereocenters. The van der Waals surface area contributed by atoms with Crippen LogP contribution in [0.25, 0.3) is 0 Å². The summed E-state index contributed by atoms with van der Waals surface area (Å²) in [5.74, 6) is 1.50. The predicted octanol–water partition coefficient (Wildman–Crippen LogP) is 0.0140. The Morgan fingerprint density at radius 2 is 2.50 bits per heavy atom. The number of nitrogens with one attached hydrogen (secondary N) is 1. The minimum absolute atomic E-state index is 0.718. The summed E-state index contributed by atoms with van der Waals surface area (Å²) in [7, 11) is 0. The zero-order valence-corrected chi connectivity index (χ0v) is 4.76. The normalized spacial score (nSPS) is 45.0. The molecule has 2 fully saturated rings. The molecule has 2 heteroatoms. The van der Waals surface area contributed by atoms with Crippen molar-refractivity contribution < 1.29 is 4.74 Å². The first-order valence-electron chi connectivity index (χ1n) is 3.12. The van der Waals surface area contributed by atoms with Gasteiger partial charge in [0.25, 0.3) is 0 Å². The third-order valence-electron chi connectivity index (χ3n) is 1.97. The van der Waals surface area contributed by atoms with Crippen LogP contribution in [0.1, 0.15) is 0 Å². The molecular weight excluding hydrogens is 102 g/mol. The number of rotatable bonds is 0. The van der Waals surface area contributed by atoms with Crippen LogP contribution in [0.5, 0.6) is 0 Å². The lowest BCUT2D eigenvalue weighted by atomic mass is 10.0. The van der Waals surface area contributed by atoms with E-state index in [1.165, 1.54) is 0 Å². The second-order valence-electron chi connectivity index (χ2n) is 2.55. The van der Waals surface area contributed by atoms with Crippen molar-refractivity contribution in [3.63, 3.8) is 0 Å². The summed E-state index contributed by atoms with van der Waals surface area (Å²) in [6.07, 6.45) is 0. The Hall–Kier alpha value is -0.0800. The molecule has 0 aromatic rings. The highest BCUT2D eigenvalue weighted by molar-refractivity contribution is 4.90. The Balaban J connectivity index is 2.04. The van der Waals surface area contributed by atoms with Crippen LogP contribution in [-0.2, 0) is 4.74 Å². The fourth-order valence-corrected chi connectivity index (χ4v) is 1.40. The maximum absolute atomic E-state index is 5.15. The molecule has 0 aromatic carbocycles. The fraction of sp³-hybridized carbons (Fsp3) is 0.833. The maximum Gasteiger partial charge on any atom is 0.0884 e. The van der Waals surface area contributed by atoms with Crippen LogP contribution in [0.3, 0.4) is 0 Å². The van der Waals surface area contributed by atoms with Crippen molar-refractivity contribution in [2.75, 3.05) is 19.7 Å². The smallest absolute Gasteiger partial charge is 0.0884 e. The second kappa shape index (κ2) is 1.71. The topological polar surface area (TPSA) is 21.3 Å². The van der Waals surface area contributed by atoms with Crippen LogP contribution in [0, 0.1) is 18.4 Å². The summed E-state index contributed by atoms with van der Waals surface area (Å²) in [6, 6.07) is 0. The minimum atomic E-state index is 0.718. The Kier molecular flexibility index (Phi) is 1.02. The van der Waals surface area contributed by atoms with E-state index in [1.807, 2.05) is 6.61 Å². The summed E-state index contributed by atoms with van der Waals surface area (Å²) in [5.41, 5.74) is 0. The standard InChI is InChI=1S/C6H10NO/c1-5-3-8-4-6(5)2-7-1/h3,5-7H,1-2,4H2. The molecule has 0 aliphatic carbocycles. The van der Waals surface area contributed by atoms with E-state index in [-0.39, 0.29) is 0 Å². The molecule has 2 heterocycles. The third kappa shape index (κ3) is 0.565. The van der Waals surface area contributed by atoms with Crippen LogP contribution in [0.15, 0.2) is 0 Å². The van der Waals surface area contributed by atoms with E-state index in [0.29, 0.717) is 0 Å². The molecule has 2 saturated heterocycles. The van der Waals surface area contributed by atoms with Crippen molar-refractivity contribution >= 4 is 0 Å². The van der Waals surface area contributed by atoms with E-state index < -0.39 is 0 Å². The molecule has 1 N–H and O–H groups in total. The first kappa shape index (κ1) is 4.77. The van der Waals surface area contributed by atoms with E-state index in [1.54, 1.807) is 0 Å². The number of fused-ring (bicyclic) bond motifs is 1. The van der Waals surface area contributed by atoms with Crippen molar-refractivity contribution in [2.24, 2.45) is 11.8 Å². The van der Waals surface area contributed by atoms with Crippen LogP contribution in [0.4, 0.5) is 0 Å². The zero-order valence-electron chi connectivity index (χ0n) is 4.76. The highest BCUT2D eigenvalue weighted by atomic mass is 16.5. The molecule has 2 aliphatic rings. The Bertz CT molecular complexity index is 74.5. The molecule has 2 aliphatic heterocycles. The van der Waals surface area contributed by atoms with Gasteiger partial charge in [0.15, 0.2) is 0 Å². The van der Waals surface area contributed by atoms with Crippen molar-refractivity contribution in [3.8, 4) is 0 Å². The average Bonchev–Trinajstić information content (AvgIpc) is 2.15. The lowest BCUT2D eigenvalue weighted by molar-refractivity contribution is 0.229. The highest BCUT2D eigenvalue weighted by Crippen LogP contribution is 2.26. The molecule has 1 radical (unpaired) electrons. The molecule has 0 spiro atoms. The lowest BCUT2D eigenvalue weighted by Gasteiger charge is -1.99. The number of hydrogen-bond acceptors (Lipinski definition) is 2. The summed E-state index contributed by atoms with van der Waals surface area (Å²) >= 11 is 0. The van der Waals surface area contributed by atoms with Gasteiger partial charge in [-0.2, -0.15) is 0 Å². The van der Waals surface area contributed by atoms with E-state index in [0.717, 1.165) is 31.5 Å². The van der Waals surface area contributed by atoms with Crippen molar-refractivity contribution in [2.45, 2.75) is 0 Å². The quantitative estimate of drug-likeness (QED) is 0.477. The first-order chi connectivity index (χ1) is 3.97. The van der Waals surface area contributed by atoms with Gasteiger partial charge in [-0.15, -0.1) is 0 Å². The van der Waals surface area contributed by atoms with E-state index in [4.69, 9.17) is 4.74 Å². The SMILES string of the molecule is [CH]1OCC2CNCC12. The molecule has 2 nitrogen and oxygen atoms in total. The van der Waals surface area contributed by atoms with Crippen LogP contribution in [-0.4, -0.2) is 19.7 Å². The molecule has 0 saturated carbocycles. The first-order valence-corrected chi connectivity index (χ1v) is 3.12. The molecule has 0 aromatic heterocycles. The summed E-state index contributed by atoms with van der Waals surface area (Å²) in [4.78, 5) is 0. The maximum atomic E-state index is 5.15. The van der Waals surface area contributed by atoms with E-state index in [2.05, 4.69) is 5.32 Å². The van der Waals surface area contributed by atoms with Gasteiger partial charge < -0.3 is 10.1 Å². The van der Waals surface area contributed by atoms with Crippen LogP contribution >= 0.6 is 0 Å². The predicted molar refractivity (Wildman–Crippen MR) is 30.1 cm³/mol. The minimum Gasteiger partial charge on any atom is -0.375 e. The second-order valence-corrected chi connectivity index (χ2v) is 2.55. The number of ether oxygens (including phenoxy) is 1. The third-order valence-corrected chi connectivity index (χ3v) is 1.97. The molecule has 2 rings (SSSR count). The molecular formula is C6H10NO. The van der Waals surface area contributed by atoms with Gasteiger partial charge in [-0.3, -0.25) is 0 Å². The van der Waals surface area contributed by atoms with Crippen LogP contribution < -0.4 is 5.32 Å². The molecule has 8 heavy (non-hydrogen) atoms. The Morgan fingerprint density at radius 3 is 3.38 bits per heavy atom. The van der Waals surface area contributed by atoms with Crippen LogP contribution in [0.2, 0.25) is 0 Å². The van der Waals surface area contributed by atoms with E-state index >= 15 is 0 Å². The van der Waals surface area contributed by atoms with Crippen molar-refractivity contribution in [3.05, 3.63) is 6.61 Å². The van der Waals surface area contributed by atoms with Gasteiger partial charge in [0.05, 0.1) is 13.2 Å². The zero-order chi connectivity index (χ0) is 5.40. The van der Waals surface area contributed by atoms with Gasteiger partial charge in [0, 0.05) is 24.9 Å². The molecule has 0 amide bonds. The summed E-state index contributed by atoms with van der Waals surface area (Å²) in [5, 5.41) is 3.31. The Labute approximate surface area is 49.2 Å². The lowest BCUT2D eigenvalue weighted by Crippen LogP contribution is -2.11. The van der Waals surface area contributed by atoms with Crippen molar-refractivity contribution in [1.82, 2.24) is 5.32 Å². The van der Waals surface area contributed by atoms with E-state index in [9.17, 15) is 0 Å². The van der Waals surface area contributed by atoms with Gasteiger partial charge in [-0.25, -0.2) is 0 Å². The molecule has 2 unspecified atom stereocenters. The van der Waals surface area contributed by atoms with Crippen molar-refractivity contribution in [1.29, 1.82) is 0 Å². The fourth-order valence-electron chi connectivity index (χ4n) is 1.40. The van der Waals surface area contributed by atoms with Gasteiger partial charge in [0.1, 0.15) is 0 Å². The van der Waals surface area contributed by atoms with Gasteiger partial charge in [0.2, 0.25) is 0 Å². The largest absolute Gasteiger partial charge is 0.375 e. The molecule has 45 valence electrons. The van der Waals surface area contributed by atoms with Gasteiger partial charge in [-0.1, -0.05) is 0 Å². The van der Waals surface area contributed by atoms with Gasteiger partial charge >= 0.3 is 0 Å². The Morgan fingerprint density at radius 1 is 1.50 bits per heavy atom. The van der Waals surface area contributed by atoms with Gasteiger partial charge in [-0.05, 0) is 0 Å². The highest BCUT2D eigenvalue weighted by Gasteiger charge is 2.32. The average molecular weight is 112 g/mol.